The molecule has 0 N–H and O–H groups in total. The molecule has 2 saturated heterocycles. The molecule has 5 rings (SSSR count). The zero-order valence-electron chi connectivity index (χ0n) is 19.5. The largest absolute Gasteiger partial charge is 0.573 e. The lowest BCUT2D eigenvalue weighted by Crippen LogP contribution is -2.38. The van der Waals surface area contributed by atoms with Crippen molar-refractivity contribution in [3.63, 3.8) is 0 Å². The molecule has 3 fully saturated rings. The number of imidazole rings is 1. The summed E-state index contributed by atoms with van der Waals surface area (Å²) in [4.78, 5) is 21.1. The molecule has 3 unspecified atom stereocenters. The maximum Gasteiger partial charge on any atom is 0.573 e. The molecular formula is C24H29F3N4O4. The first-order valence-electron chi connectivity index (χ1n) is 11.9. The molecule has 2 aromatic rings. The molecule has 35 heavy (non-hydrogen) atoms. The highest BCUT2D eigenvalue weighted by Crippen LogP contribution is 2.52. The lowest BCUT2D eigenvalue weighted by molar-refractivity contribution is -0.274. The number of aromatic nitrogens is 2. The van der Waals surface area contributed by atoms with Crippen molar-refractivity contribution in [1.82, 2.24) is 19.4 Å². The Labute approximate surface area is 201 Å². The van der Waals surface area contributed by atoms with Gasteiger partial charge in [-0.05, 0) is 48.3 Å². The van der Waals surface area contributed by atoms with Crippen molar-refractivity contribution in [2.75, 3.05) is 32.8 Å². The van der Waals surface area contributed by atoms with Crippen LogP contribution in [-0.2, 0) is 18.3 Å². The van der Waals surface area contributed by atoms with Gasteiger partial charge >= 0.3 is 12.5 Å². The van der Waals surface area contributed by atoms with Crippen molar-refractivity contribution >= 4 is 6.09 Å². The van der Waals surface area contributed by atoms with Crippen molar-refractivity contribution in [3.05, 3.63) is 42.4 Å². The van der Waals surface area contributed by atoms with E-state index < -0.39 is 12.5 Å². The van der Waals surface area contributed by atoms with Crippen LogP contribution in [0.4, 0.5) is 18.0 Å². The molecule has 1 aromatic carbocycles. The molecule has 1 aliphatic carbocycles. The van der Waals surface area contributed by atoms with Crippen LogP contribution in [0.1, 0.15) is 18.4 Å². The predicted molar refractivity (Wildman–Crippen MR) is 119 cm³/mol. The SMILES string of the molecule is Cn1cnc(OC(=O)N(Cc2cccc(OC(F)(F)F)c2)CC2C3CN(CC4CCCO4)CC32)c1. The molecule has 0 spiro atoms. The second-order valence-corrected chi connectivity index (χ2v) is 9.67. The Hall–Kier alpha value is -2.79. The zero-order chi connectivity index (χ0) is 24.6. The summed E-state index contributed by atoms with van der Waals surface area (Å²) in [7, 11) is 1.77. The maximum absolute atomic E-state index is 13.0. The number of fused-ring (bicyclic) bond motifs is 1. The Kier molecular flexibility index (Phi) is 6.63. The van der Waals surface area contributed by atoms with E-state index in [1.165, 1.54) is 24.5 Å². The topological polar surface area (TPSA) is 69.1 Å². The number of ether oxygens (including phenoxy) is 3. The molecule has 3 heterocycles. The zero-order valence-corrected chi connectivity index (χ0v) is 19.5. The maximum atomic E-state index is 13.0. The quantitative estimate of drug-likeness (QED) is 0.558. The van der Waals surface area contributed by atoms with E-state index in [0.29, 0.717) is 36.0 Å². The summed E-state index contributed by atoms with van der Waals surface area (Å²) in [6.07, 6.45) is 0.309. The molecular weight excluding hydrogens is 465 g/mol. The summed E-state index contributed by atoms with van der Waals surface area (Å²) in [5.41, 5.74) is 0.524. The number of carbonyl (C=O) groups is 1. The van der Waals surface area contributed by atoms with E-state index in [2.05, 4.69) is 14.6 Å². The van der Waals surface area contributed by atoms with Crippen LogP contribution in [0.25, 0.3) is 0 Å². The van der Waals surface area contributed by atoms with Crippen LogP contribution in [0.15, 0.2) is 36.8 Å². The number of aryl methyl sites for hydroxylation is 1. The van der Waals surface area contributed by atoms with Gasteiger partial charge in [0.2, 0.25) is 5.88 Å². The molecule has 3 aliphatic rings. The van der Waals surface area contributed by atoms with Gasteiger partial charge < -0.3 is 28.6 Å². The Balaban J connectivity index is 1.23. The van der Waals surface area contributed by atoms with Crippen LogP contribution in [0.2, 0.25) is 0 Å². The second kappa shape index (κ2) is 9.69. The first-order valence-corrected chi connectivity index (χ1v) is 11.9. The molecule has 11 heteroatoms. The highest BCUT2D eigenvalue weighted by atomic mass is 19.4. The minimum absolute atomic E-state index is 0.107. The summed E-state index contributed by atoms with van der Waals surface area (Å²) in [5, 5.41) is 0. The number of hydrogen-bond acceptors (Lipinski definition) is 6. The van der Waals surface area contributed by atoms with Gasteiger partial charge in [-0.15, -0.1) is 13.2 Å². The number of hydrogen-bond donors (Lipinski definition) is 0. The number of piperidine rings is 1. The Morgan fingerprint density at radius 2 is 2.09 bits per heavy atom. The fourth-order valence-electron chi connectivity index (χ4n) is 5.35. The van der Waals surface area contributed by atoms with Crippen LogP contribution in [0.5, 0.6) is 11.6 Å². The molecule has 190 valence electrons. The highest BCUT2D eigenvalue weighted by molar-refractivity contribution is 5.70. The van der Waals surface area contributed by atoms with Gasteiger partial charge in [-0.2, -0.15) is 0 Å². The lowest BCUT2D eigenvalue weighted by Gasteiger charge is -2.26. The minimum atomic E-state index is -4.78. The van der Waals surface area contributed by atoms with Crippen molar-refractivity contribution in [3.8, 4) is 11.6 Å². The molecule has 1 amide bonds. The van der Waals surface area contributed by atoms with Gasteiger partial charge in [0.15, 0.2) is 0 Å². The van der Waals surface area contributed by atoms with Crippen molar-refractivity contribution in [2.24, 2.45) is 24.8 Å². The van der Waals surface area contributed by atoms with Gasteiger partial charge in [-0.1, -0.05) is 12.1 Å². The number of amides is 1. The summed E-state index contributed by atoms with van der Waals surface area (Å²) >= 11 is 0. The third-order valence-corrected chi connectivity index (χ3v) is 7.00. The number of alkyl halides is 3. The Bertz CT molecular complexity index is 1030. The van der Waals surface area contributed by atoms with E-state index in [4.69, 9.17) is 9.47 Å². The number of halogens is 3. The third kappa shape index (κ3) is 6.07. The first-order chi connectivity index (χ1) is 16.7. The van der Waals surface area contributed by atoms with Crippen molar-refractivity contribution in [2.45, 2.75) is 31.9 Å². The van der Waals surface area contributed by atoms with Gasteiger partial charge in [-0.25, -0.2) is 9.78 Å². The van der Waals surface area contributed by atoms with Gasteiger partial charge in [0.1, 0.15) is 5.75 Å². The van der Waals surface area contributed by atoms with Gasteiger partial charge in [0.25, 0.3) is 0 Å². The van der Waals surface area contributed by atoms with E-state index in [1.807, 2.05) is 0 Å². The number of carbonyl (C=O) groups excluding carboxylic acids is 1. The number of nitrogens with zero attached hydrogens (tertiary/aromatic N) is 4. The molecule has 0 radical (unpaired) electrons. The molecule has 1 aromatic heterocycles. The fourth-order valence-corrected chi connectivity index (χ4v) is 5.35. The van der Waals surface area contributed by atoms with Crippen LogP contribution in [0.3, 0.4) is 0 Å². The van der Waals surface area contributed by atoms with Crippen LogP contribution >= 0.6 is 0 Å². The smallest absolute Gasteiger partial charge is 0.406 e. The third-order valence-electron chi connectivity index (χ3n) is 7.00. The summed E-state index contributed by atoms with van der Waals surface area (Å²) in [5.74, 6) is 1.20. The number of likely N-dealkylation sites (tertiary alicyclic amines) is 1. The van der Waals surface area contributed by atoms with Gasteiger partial charge in [0.05, 0.1) is 18.6 Å². The summed E-state index contributed by atoms with van der Waals surface area (Å²) in [6.45, 7) is 4.34. The van der Waals surface area contributed by atoms with Crippen molar-refractivity contribution < 1.29 is 32.2 Å². The van der Waals surface area contributed by atoms with E-state index in [0.717, 1.165) is 39.1 Å². The molecule has 3 atom stereocenters. The average molecular weight is 495 g/mol. The van der Waals surface area contributed by atoms with E-state index in [9.17, 15) is 18.0 Å². The predicted octanol–water partition coefficient (Wildman–Crippen LogP) is 3.68. The second-order valence-electron chi connectivity index (χ2n) is 9.67. The number of benzene rings is 1. The van der Waals surface area contributed by atoms with Crippen LogP contribution in [-0.4, -0.2) is 70.7 Å². The normalized spacial score (nSPS) is 25.9. The monoisotopic (exact) mass is 494 g/mol. The molecule has 8 nitrogen and oxygen atoms in total. The van der Waals surface area contributed by atoms with Crippen LogP contribution in [0, 0.1) is 17.8 Å². The summed E-state index contributed by atoms with van der Waals surface area (Å²) in [6, 6.07) is 5.68. The first kappa shape index (κ1) is 23.9. The average Bonchev–Trinajstić information content (AvgIpc) is 3.27. The van der Waals surface area contributed by atoms with E-state index >= 15 is 0 Å². The standard InChI is InChI=1S/C24H29F3N4O4/c1-29-14-22(28-15-29)34-23(32)31(9-16-4-2-5-17(8-16)35-24(25,26)27)13-21-19-11-30(12-20(19)21)10-18-6-3-7-33-18/h2,4-5,8,14-15,18-21H,3,6-7,9-13H2,1H3. The van der Waals surface area contributed by atoms with E-state index in [1.54, 1.807) is 28.8 Å². The van der Waals surface area contributed by atoms with Crippen LogP contribution < -0.4 is 9.47 Å². The van der Waals surface area contributed by atoms with E-state index in [-0.39, 0.29) is 18.2 Å². The highest BCUT2D eigenvalue weighted by Gasteiger charge is 2.56. The molecule has 1 saturated carbocycles. The summed E-state index contributed by atoms with van der Waals surface area (Å²) < 4.78 is 54.9. The minimum Gasteiger partial charge on any atom is -0.406 e. The Morgan fingerprint density at radius 3 is 2.74 bits per heavy atom. The Morgan fingerprint density at radius 1 is 1.29 bits per heavy atom. The van der Waals surface area contributed by atoms with Crippen molar-refractivity contribution in [1.29, 1.82) is 0 Å². The number of rotatable bonds is 8. The van der Waals surface area contributed by atoms with Gasteiger partial charge in [0, 0.05) is 46.4 Å². The molecule has 0 bridgehead atoms. The lowest BCUT2D eigenvalue weighted by atomic mass is 10.1. The molecule has 2 aliphatic heterocycles. The fraction of sp³-hybridized carbons (Fsp3) is 0.583. The van der Waals surface area contributed by atoms with Gasteiger partial charge in [-0.3, -0.25) is 0 Å².